The van der Waals surface area contributed by atoms with E-state index in [-0.39, 0.29) is 22.4 Å². The quantitative estimate of drug-likeness (QED) is 0.444. The fourth-order valence-electron chi connectivity index (χ4n) is 4.25. The summed E-state index contributed by atoms with van der Waals surface area (Å²) < 4.78 is 33.9. The lowest BCUT2D eigenvalue weighted by Gasteiger charge is -2.23. The average molecular weight is 495 g/mol. The maximum atomic E-state index is 13.1. The number of esters is 1. The summed E-state index contributed by atoms with van der Waals surface area (Å²) in [5.74, 6) is -0.409. The van der Waals surface area contributed by atoms with Crippen LogP contribution >= 0.6 is 23.2 Å². The third kappa shape index (κ3) is 4.66. The van der Waals surface area contributed by atoms with Crippen LogP contribution in [0.25, 0.3) is 22.2 Å². The maximum absolute atomic E-state index is 13.1. The molecule has 32 heavy (non-hydrogen) atoms. The molecule has 0 spiro atoms. The molecule has 1 heterocycles. The summed E-state index contributed by atoms with van der Waals surface area (Å²) in [5, 5.41) is 1.42. The SMILES string of the molecule is COC(=O)Cc1c(-c2ccc(Cl)c(S(=O)(=O)NC3CCCCC3)c2)[nH]c2c(Cl)cccc12. The molecule has 1 aliphatic rings. The van der Waals surface area contributed by atoms with Gasteiger partial charge in [-0.15, -0.1) is 0 Å². The molecule has 0 amide bonds. The number of hydrogen-bond donors (Lipinski definition) is 2. The van der Waals surface area contributed by atoms with Gasteiger partial charge >= 0.3 is 5.97 Å². The number of H-pyrrole nitrogens is 1. The van der Waals surface area contributed by atoms with Gasteiger partial charge in [0.2, 0.25) is 10.0 Å². The number of carbonyl (C=O) groups excluding carboxylic acids is 1. The summed E-state index contributed by atoms with van der Waals surface area (Å²) in [7, 11) is -2.49. The Morgan fingerprint density at radius 3 is 2.59 bits per heavy atom. The lowest BCUT2D eigenvalue weighted by Crippen LogP contribution is -2.36. The van der Waals surface area contributed by atoms with Crippen molar-refractivity contribution in [3.05, 3.63) is 52.0 Å². The van der Waals surface area contributed by atoms with Crippen molar-refractivity contribution in [3.63, 3.8) is 0 Å². The standard InChI is InChI=1S/C23H24Cl2N2O4S/c1-31-21(28)13-17-16-8-5-9-19(25)23(16)26-22(17)14-10-11-18(24)20(12-14)32(29,30)27-15-6-3-2-4-7-15/h5,8-12,15,26-27H,2-4,6-7,13H2,1H3. The lowest BCUT2D eigenvalue weighted by molar-refractivity contribution is -0.139. The van der Waals surface area contributed by atoms with Gasteiger partial charge in [0, 0.05) is 11.4 Å². The fraction of sp³-hybridized carbons (Fsp3) is 0.348. The van der Waals surface area contributed by atoms with Crippen LogP contribution in [0.4, 0.5) is 0 Å². The number of aromatic amines is 1. The van der Waals surface area contributed by atoms with E-state index in [4.69, 9.17) is 27.9 Å². The first kappa shape index (κ1) is 23.1. The number of nitrogens with one attached hydrogen (secondary N) is 2. The molecule has 2 N–H and O–H groups in total. The molecule has 3 aromatic rings. The van der Waals surface area contributed by atoms with E-state index in [9.17, 15) is 13.2 Å². The lowest BCUT2D eigenvalue weighted by atomic mass is 9.96. The number of methoxy groups -OCH3 is 1. The van der Waals surface area contributed by atoms with Gasteiger partial charge in [-0.2, -0.15) is 0 Å². The molecule has 0 unspecified atom stereocenters. The Kier molecular flexibility index (Phi) is 6.81. The van der Waals surface area contributed by atoms with Crippen LogP contribution in [0.1, 0.15) is 37.7 Å². The zero-order chi connectivity index (χ0) is 22.9. The van der Waals surface area contributed by atoms with E-state index in [0.717, 1.165) is 37.5 Å². The predicted molar refractivity (Wildman–Crippen MR) is 127 cm³/mol. The van der Waals surface area contributed by atoms with Gasteiger partial charge < -0.3 is 9.72 Å². The van der Waals surface area contributed by atoms with E-state index < -0.39 is 16.0 Å². The smallest absolute Gasteiger partial charge is 0.310 e. The minimum Gasteiger partial charge on any atom is -0.469 e. The van der Waals surface area contributed by atoms with Crippen molar-refractivity contribution in [1.82, 2.24) is 9.71 Å². The molecule has 0 bridgehead atoms. The summed E-state index contributed by atoms with van der Waals surface area (Å²) in [6.07, 6.45) is 4.79. The number of ether oxygens (including phenoxy) is 1. The van der Waals surface area contributed by atoms with Gasteiger partial charge in [-0.3, -0.25) is 4.79 Å². The number of carbonyl (C=O) groups is 1. The first-order valence-electron chi connectivity index (χ1n) is 10.5. The Hall–Kier alpha value is -2.06. The summed E-state index contributed by atoms with van der Waals surface area (Å²) >= 11 is 12.7. The van der Waals surface area contributed by atoms with Gasteiger partial charge in [-0.05, 0) is 42.2 Å². The molecule has 0 atom stereocenters. The summed E-state index contributed by atoms with van der Waals surface area (Å²) in [4.78, 5) is 15.4. The fourth-order valence-corrected chi connectivity index (χ4v) is 6.30. The van der Waals surface area contributed by atoms with E-state index in [1.165, 1.54) is 13.2 Å². The topological polar surface area (TPSA) is 88.3 Å². The van der Waals surface area contributed by atoms with Gasteiger partial charge in [0.1, 0.15) is 4.90 Å². The molecule has 1 fully saturated rings. The van der Waals surface area contributed by atoms with Crippen molar-refractivity contribution in [3.8, 4) is 11.3 Å². The highest BCUT2D eigenvalue weighted by molar-refractivity contribution is 7.89. The second-order valence-corrected chi connectivity index (χ2v) is 10.5. The molecule has 1 saturated carbocycles. The molecular weight excluding hydrogens is 471 g/mol. The van der Waals surface area contributed by atoms with Crippen molar-refractivity contribution in [2.24, 2.45) is 0 Å². The van der Waals surface area contributed by atoms with Crippen LogP contribution in [0.2, 0.25) is 10.0 Å². The van der Waals surface area contributed by atoms with Gasteiger partial charge in [-0.25, -0.2) is 13.1 Å². The van der Waals surface area contributed by atoms with Crippen LogP contribution in [-0.4, -0.2) is 32.5 Å². The zero-order valence-electron chi connectivity index (χ0n) is 17.6. The van der Waals surface area contributed by atoms with E-state index in [1.807, 2.05) is 6.07 Å². The van der Waals surface area contributed by atoms with E-state index >= 15 is 0 Å². The Morgan fingerprint density at radius 2 is 1.88 bits per heavy atom. The number of benzene rings is 2. The highest BCUT2D eigenvalue weighted by Crippen LogP contribution is 2.36. The molecule has 4 rings (SSSR count). The van der Waals surface area contributed by atoms with Crippen LogP contribution in [0.15, 0.2) is 41.3 Å². The number of rotatable bonds is 6. The summed E-state index contributed by atoms with van der Waals surface area (Å²) in [6.45, 7) is 0. The van der Waals surface area contributed by atoms with Crippen molar-refractivity contribution >= 4 is 50.1 Å². The zero-order valence-corrected chi connectivity index (χ0v) is 19.9. The third-order valence-electron chi connectivity index (χ3n) is 5.88. The van der Waals surface area contributed by atoms with E-state index in [1.54, 1.807) is 24.3 Å². The Morgan fingerprint density at radius 1 is 1.12 bits per heavy atom. The molecule has 0 saturated heterocycles. The molecule has 9 heteroatoms. The largest absolute Gasteiger partial charge is 0.469 e. The number of para-hydroxylation sites is 1. The normalized spacial score (nSPS) is 15.2. The number of halogens is 2. The van der Waals surface area contributed by atoms with Crippen LogP contribution in [0.3, 0.4) is 0 Å². The average Bonchev–Trinajstić information content (AvgIpc) is 3.14. The van der Waals surface area contributed by atoms with Crippen LogP contribution in [-0.2, 0) is 26.0 Å². The highest BCUT2D eigenvalue weighted by Gasteiger charge is 2.25. The molecule has 2 aromatic carbocycles. The highest BCUT2D eigenvalue weighted by atomic mass is 35.5. The monoisotopic (exact) mass is 494 g/mol. The number of aromatic nitrogens is 1. The summed E-state index contributed by atoms with van der Waals surface area (Å²) in [6, 6.07) is 10.1. The molecule has 1 aliphatic carbocycles. The molecular formula is C23H24Cl2N2O4S. The van der Waals surface area contributed by atoms with Gasteiger partial charge in [0.25, 0.3) is 0 Å². The molecule has 1 aromatic heterocycles. The molecule has 170 valence electrons. The van der Waals surface area contributed by atoms with Gasteiger partial charge in [0.15, 0.2) is 0 Å². The number of sulfonamides is 1. The second kappa shape index (κ2) is 9.43. The first-order chi connectivity index (χ1) is 15.3. The van der Waals surface area contributed by atoms with Crippen LogP contribution < -0.4 is 4.72 Å². The second-order valence-electron chi connectivity index (χ2n) is 8.00. The maximum Gasteiger partial charge on any atom is 0.310 e. The van der Waals surface area contributed by atoms with Crippen molar-refractivity contribution in [2.75, 3.05) is 7.11 Å². The number of fused-ring (bicyclic) bond motifs is 1. The Balaban J connectivity index is 1.80. The minimum absolute atomic E-state index is 0.0102. The molecule has 0 aliphatic heterocycles. The van der Waals surface area contributed by atoms with E-state index in [0.29, 0.717) is 27.4 Å². The van der Waals surface area contributed by atoms with E-state index in [2.05, 4.69) is 9.71 Å². The van der Waals surface area contributed by atoms with Crippen molar-refractivity contribution in [1.29, 1.82) is 0 Å². The third-order valence-corrected chi connectivity index (χ3v) is 8.19. The molecule has 0 radical (unpaired) electrons. The number of hydrogen-bond acceptors (Lipinski definition) is 4. The molecule has 6 nitrogen and oxygen atoms in total. The Labute approximate surface area is 197 Å². The summed E-state index contributed by atoms with van der Waals surface area (Å²) in [5.41, 5.74) is 2.54. The van der Waals surface area contributed by atoms with Crippen LogP contribution in [0, 0.1) is 0 Å². The van der Waals surface area contributed by atoms with Crippen LogP contribution in [0.5, 0.6) is 0 Å². The van der Waals surface area contributed by atoms with Crippen molar-refractivity contribution < 1.29 is 17.9 Å². The van der Waals surface area contributed by atoms with Gasteiger partial charge in [0.05, 0.1) is 34.8 Å². The first-order valence-corrected chi connectivity index (χ1v) is 12.7. The van der Waals surface area contributed by atoms with Crippen molar-refractivity contribution in [2.45, 2.75) is 49.5 Å². The predicted octanol–water partition coefficient (Wildman–Crippen LogP) is 5.47. The minimum atomic E-state index is -3.81. The Bertz CT molecular complexity index is 1260. The van der Waals surface area contributed by atoms with Gasteiger partial charge in [-0.1, -0.05) is 60.7 Å².